The SMILES string of the molecule is CC(=O)Cc1cc(C(C)(C)C)cc2ccoc12. The zero-order chi connectivity index (χ0) is 12.6. The van der Waals surface area contributed by atoms with Crippen LogP contribution in [0.3, 0.4) is 0 Å². The second kappa shape index (κ2) is 4.02. The third-order valence-electron chi connectivity index (χ3n) is 2.93. The first-order chi connectivity index (χ1) is 7.88. The van der Waals surface area contributed by atoms with Crippen LogP contribution in [0, 0.1) is 0 Å². The number of carbonyl (C=O) groups is 1. The van der Waals surface area contributed by atoms with Gasteiger partial charge in [0, 0.05) is 17.4 Å². The average Bonchev–Trinajstić information content (AvgIpc) is 2.62. The van der Waals surface area contributed by atoms with Gasteiger partial charge in [0.15, 0.2) is 0 Å². The van der Waals surface area contributed by atoms with E-state index in [0.29, 0.717) is 6.42 Å². The van der Waals surface area contributed by atoms with Crippen LogP contribution in [-0.4, -0.2) is 5.78 Å². The normalized spacial score (nSPS) is 12.0. The number of Topliss-reactive ketones (excluding diaryl/α,β-unsaturated/α-hetero) is 1. The summed E-state index contributed by atoms with van der Waals surface area (Å²) in [6, 6.07) is 6.18. The maximum absolute atomic E-state index is 11.3. The second-order valence-corrected chi connectivity index (χ2v) is 5.60. The van der Waals surface area contributed by atoms with Crippen LogP contribution in [0.25, 0.3) is 11.0 Å². The fourth-order valence-electron chi connectivity index (χ4n) is 1.99. The smallest absolute Gasteiger partial charge is 0.137 e. The summed E-state index contributed by atoms with van der Waals surface area (Å²) in [5, 5.41) is 1.08. The molecule has 1 aromatic carbocycles. The Morgan fingerprint density at radius 2 is 2.00 bits per heavy atom. The minimum atomic E-state index is 0.0804. The van der Waals surface area contributed by atoms with Crippen LogP contribution >= 0.6 is 0 Å². The molecule has 0 saturated heterocycles. The van der Waals surface area contributed by atoms with Crippen molar-refractivity contribution in [3.63, 3.8) is 0 Å². The van der Waals surface area contributed by atoms with E-state index in [1.54, 1.807) is 13.2 Å². The van der Waals surface area contributed by atoms with Crippen molar-refractivity contribution in [2.45, 2.75) is 39.5 Å². The highest BCUT2D eigenvalue weighted by molar-refractivity contribution is 5.87. The lowest BCUT2D eigenvalue weighted by Crippen LogP contribution is -2.12. The Bertz CT molecular complexity index is 556. The van der Waals surface area contributed by atoms with E-state index in [9.17, 15) is 4.79 Å². The zero-order valence-corrected chi connectivity index (χ0v) is 10.8. The van der Waals surface area contributed by atoms with E-state index in [4.69, 9.17) is 4.42 Å². The Hall–Kier alpha value is -1.57. The van der Waals surface area contributed by atoms with Crippen LogP contribution < -0.4 is 0 Å². The molecule has 1 heterocycles. The van der Waals surface area contributed by atoms with Crippen LogP contribution in [-0.2, 0) is 16.6 Å². The van der Waals surface area contributed by atoms with Crippen LogP contribution in [0.1, 0.15) is 38.8 Å². The quantitative estimate of drug-likeness (QED) is 0.784. The molecule has 0 N–H and O–H groups in total. The van der Waals surface area contributed by atoms with Gasteiger partial charge in [0.2, 0.25) is 0 Å². The summed E-state index contributed by atoms with van der Waals surface area (Å²) in [6.07, 6.45) is 2.12. The van der Waals surface area contributed by atoms with E-state index >= 15 is 0 Å². The van der Waals surface area contributed by atoms with E-state index in [-0.39, 0.29) is 11.2 Å². The van der Waals surface area contributed by atoms with Gasteiger partial charge in [-0.05, 0) is 30.0 Å². The van der Waals surface area contributed by atoms with Gasteiger partial charge in [-0.15, -0.1) is 0 Å². The van der Waals surface area contributed by atoms with Crippen LogP contribution in [0.5, 0.6) is 0 Å². The fraction of sp³-hybridized carbons (Fsp3) is 0.400. The van der Waals surface area contributed by atoms with Crippen molar-refractivity contribution in [1.82, 2.24) is 0 Å². The minimum Gasteiger partial charge on any atom is -0.464 e. The minimum absolute atomic E-state index is 0.0804. The highest BCUT2D eigenvalue weighted by atomic mass is 16.3. The average molecular weight is 230 g/mol. The first kappa shape index (κ1) is 11.9. The lowest BCUT2D eigenvalue weighted by Gasteiger charge is -2.20. The van der Waals surface area contributed by atoms with Gasteiger partial charge in [0.25, 0.3) is 0 Å². The van der Waals surface area contributed by atoms with E-state index < -0.39 is 0 Å². The number of furan rings is 1. The van der Waals surface area contributed by atoms with Gasteiger partial charge in [-0.3, -0.25) is 4.79 Å². The highest BCUT2D eigenvalue weighted by Gasteiger charge is 2.17. The molecular formula is C15H18O2. The lowest BCUT2D eigenvalue weighted by molar-refractivity contribution is -0.116. The Labute approximate surface area is 102 Å². The maximum atomic E-state index is 11.3. The number of hydrogen-bond acceptors (Lipinski definition) is 2. The van der Waals surface area contributed by atoms with E-state index in [1.165, 1.54) is 5.56 Å². The fourth-order valence-corrected chi connectivity index (χ4v) is 1.99. The molecule has 0 bridgehead atoms. The molecule has 0 fully saturated rings. The Morgan fingerprint density at radius 3 is 2.59 bits per heavy atom. The van der Waals surface area contributed by atoms with Crippen molar-refractivity contribution in [2.75, 3.05) is 0 Å². The van der Waals surface area contributed by atoms with Crippen molar-refractivity contribution in [1.29, 1.82) is 0 Å². The summed E-state index contributed by atoms with van der Waals surface area (Å²) in [7, 11) is 0. The van der Waals surface area contributed by atoms with Gasteiger partial charge in [0.05, 0.1) is 6.26 Å². The van der Waals surface area contributed by atoms with E-state index in [1.807, 2.05) is 6.07 Å². The number of fused-ring (bicyclic) bond motifs is 1. The summed E-state index contributed by atoms with van der Waals surface area (Å²) in [5.41, 5.74) is 3.15. The molecule has 2 rings (SSSR count). The predicted octanol–water partition coefficient (Wildman–Crippen LogP) is 3.86. The molecule has 0 atom stereocenters. The molecule has 0 aliphatic heterocycles. The van der Waals surface area contributed by atoms with Crippen molar-refractivity contribution in [3.05, 3.63) is 35.6 Å². The third kappa shape index (κ3) is 2.41. The Balaban J connectivity index is 2.62. The van der Waals surface area contributed by atoms with E-state index in [2.05, 4.69) is 32.9 Å². The standard InChI is InChI=1S/C15H18O2/c1-10(16)7-12-9-13(15(2,3)4)8-11-5-6-17-14(11)12/h5-6,8-9H,7H2,1-4H3. The van der Waals surface area contributed by atoms with E-state index in [0.717, 1.165) is 16.5 Å². The van der Waals surface area contributed by atoms with Gasteiger partial charge in [-0.2, -0.15) is 0 Å². The van der Waals surface area contributed by atoms with Crippen molar-refractivity contribution in [3.8, 4) is 0 Å². The largest absolute Gasteiger partial charge is 0.464 e. The molecule has 2 heteroatoms. The summed E-state index contributed by atoms with van der Waals surface area (Å²) < 4.78 is 5.47. The predicted molar refractivity (Wildman–Crippen MR) is 69.3 cm³/mol. The van der Waals surface area contributed by atoms with Gasteiger partial charge in [-0.25, -0.2) is 0 Å². The number of rotatable bonds is 2. The van der Waals surface area contributed by atoms with Crippen LogP contribution in [0.2, 0.25) is 0 Å². The van der Waals surface area contributed by atoms with Gasteiger partial charge < -0.3 is 4.42 Å². The topological polar surface area (TPSA) is 30.2 Å². The lowest BCUT2D eigenvalue weighted by atomic mass is 9.85. The molecule has 0 saturated carbocycles. The third-order valence-corrected chi connectivity index (χ3v) is 2.93. The number of ketones is 1. The second-order valence-electron chi connectivity index (χ2n) is 5.60. The monoisotopic (exact) mass is 230 g/mol. The first-order valence-electron chi connectivity index (χ1n) is 5.88. The molecule has 1 aromatic heterocycles. The molecule has 2 aromatic rings. The van der Waals surface area contributed by atoms with Crippen LogP contribution in [0.4, 0.5) is 0 Å². The molecule has 0 spiro atoms. The van der Waals surface area contributed by atoms with Gasteiger partial charge in [-0.1, -0.05) is 26.8 Å². The number of benzene rings is 1. The maximum Gasteiger partial charge on any atom is 0.137 e. The molecule has 0 aliphatic carbocycles. The molecule has 0 radical (unpaired) electrons. The summed E-state index contributed by atoms with van der Waals surface area (Å²) >= 11 is 0. The van der Waals surface area contributed by atoms with Crippen LogP contribution in [0.15, 0.2) is 28.9 Å². The summed E-state index contributed by atoms with van der Waals surface area (Å²) in [6.45, 7) is 8.13. The molecule has 0 aliphatic rings. The molecule has 2 nitrogen and oxygen atoms in total. The molecule has 90 valence electrons. The summed E-state index contributed by atoms with van der Waals surface area (Å²) in [4.78, 5) is 11.3. The molecule has 0 amide bonds. The van der Waals surface area contributed by atoms with Crippen molar-refractivity contribution >= 4 is 16.8 Å². The van der Waals surface area contributed by atoms with Crippen molar-refractivity contribution in [2.24, 2.45) is 0 Å². The van der Waals surface area contributed by atoms with Gasteiger partial charge >= 0.3 is 0 Å². The highest BCUT2D eigenvalue weighted by Crippen LogP contribution is 2.29. The Morgan fingerprint density at radius 1 is 1.29 bits per heavy atom. The molecule has 0 unspecified atom stereocenters. The zero-order valence-electron chi connectivity index (χ0n) is 10.8. The summed E-state index contributed by atoms with van der Waals surface area (Å²) in [5.74, 6) is 0.161. The molecule has 17 heavy (non-hydrogen) atoms. The first-order valence-corrected chi connectivity index (χ1v) is 5.88. The van der Waals surface area contributed by atoms with Crippen molar-refractivity contribution < 1.29 is 9.21 Å². The van der Waals surface area contributed by atoms with Gasteiger partial charge in [0.1, 0.15) is 11.4 Å². The number of hydrogen-bond donors (Lipinski definition) is 0. The Kier molecular flexibility index (Phi) is 2.82. The number of carbonyl (C=O) groups excluding carboxylic acids is 1. The molecular weight excluding hydrogens is 212 g/mol.